The van der Waals surface area contributed by atoms with Gasteiger partial charge in [-0.2, -0.15) is 11.3 Å². The molecule has 116 valence electrons. The number of nitrogens with one attached hydrogen (secondary N) is 1. The van der Waals surface area contributed by atoms with E-state index in [1.54, 1.807) is 6.07 Å². The number of anilines is 1. The monoisotopic (exact) mass is 395 g/mol. The lowest BCUT2D eigenvalue weighted by atomic mass is 10.2. The van der Waals surface area contributed by atoms with Gasteiger partial charge in [-0.1, -0.05) is 34.8 Å². The van der Waals surface area contributed by atoms with E-state index < -0.39 is 11.9 Å². The van der Waals surface area contributed by atoms with Crippen molar-refractivity contribution in [1.29, 1.82) is 0 Å². The van der Waals surface area contributed by atoms with Gasteiger partial charge in [-0.25, -0.2) is 4.79 Å². The van der Waals surface area contributed by atoms with Crippen molar-refractivity contribution in [2.45, 2.75) is 0 Å². The molecule has 2 rings (SSSR count). The highest BCUT2D eigenvalue weighted by atomic mass is 35.5. The van der Waals surface area contributed by atoms with Crippen LogP contribution in [0.2, 0.25) is 0 Å². The van der Waals surface area contributed by atoms with Crippen LogP contribution in [-0.4, -0.2) is 19.0 Å². The van der Waals surface area contributed by atoms with E-state index in [1.165, 1.54) is 29.8 Å². The van der Waals surface area contributed by atoms with Gasteiger partial charge in [0.05, 0.1) is 12.8 Å². The summed E-state index contributed by atoms with van der Waals surface area (Å²) in [4.78, 5) is 24.8. The molecule has 0 aliphatic heterocycles. The van der Waals surface area contributed by atoms with E-state index in [9.17, 15) is 9.59 Å². The molecule has 0 fully saturated rings. The van der Waals surface area contributed by atoms with E-state index in [0.29, 0.717) is 0 Å². The maximum atomic E-state index is 11.9. The minimum absolute atomic E-state index is 0.257. The molecule has 0 saturated heterocycles. The average Bonchev–Trinajstić information content (AvgIpc) is 3.14. The first-order valence-electron chi connectivity index (χ1n) is 5.71. The number of rotatable bonds is 4. The Labute approximate surface area is 149 Å². The Morgan fingerprint density at radius 3 is 2.55 bits per heavy atom. The van der Waals surface area contributed by atoms with Crippen molar-refractivity contribution in [2.75, 3.05) is 12.4 Å². The van der Waals surface area contributed by atoms with Crippen LogP contribution in [0.15, 0.2) is 32.4 Å². The molecule has 0 bridgehead atoms. The standard InChI is InChI=1S/C13H8Cl3NO3S2/c1-20-13(19)10-7(17-12(18)9(14)11(15)16)4-8(22-10)6-2-3-21-5-6/h2-5H,1H3,(H,17,18). The minimum atomic E-state index is -0.707. The van der Waals surface area contributed by atoms with E-state index in [-0.39, 0.29) is 20.1 Å². The van der Waals surface area contributed by atoms with E-state index >= 15 is 0 Å². The molecule has 0 unspecified atom stereocenters. The van der Waals surface area contributed by atoms with Crippen LogP contribution in [0.25, 0.3) is 10.4 Å². The molecule has 0 aromatic carbocycles. The normalized spacial score (nSPS) is 10.2. The van der Waals surface area contributed by atoms with Crippen molar-refractivity contribution in [1.82, 2.24) is 0 Å². The molecule has 4 nitrogen and oxygen atoms in total. The maximum Gasteiger partial charge on any atom is 0.350 e. The predicted octanol–water partition coefficient (Wildman–Crippen LogP) is 5.09. The molecule has 0 spiro atoms. The van der Waals surface area contributed by atoms with E-state index in [0.717, 1.165) is 10.4 Å². The SMILES string of the molecule is COC(=O)c1sc(-c2ccsc2)cc1NC(=O)C(Cl)=C(Cl)Cl. The summed E-state index contributed by atoms with van der Waals surface area (Å²) in [6.07, 6.45) is 0. The van der Waals surface area contributed by atoms with Crippen LogP contribution in [0.1, 0.15) is 9.67 Å². The van der Waals surface area contributed by atoms with Gasteiger partial charge in [-0.15, -0.1) is 11.3 Å². The molecule has 0 atom stereocenters. The number of amides is 1. The molecule has 2 aromatic rings. The maximum absolute atomic E-state index is 11.9. The second-order valence-corrected chi connectivity index (χ2v) is 7.05. The Morgan fingerprint density at radius 1 is 1.27 bits per heavy atom. The number of esters is 1. The van der Waals surface area contributed by atoms with Crippen molar-refractivity contribution in [3.8, 4) is 10.4 Å². The van der Waals surface area contributed by atoms with Crippen LogP contribution in [0, 0.1) is 0 Å². The number of thiophene rings is 2. The van der Waals surface area contributed by atoms with Gasteiger partial charge in [0, 0.05) is 10.4 Å². The van der Waals surface area contributed by atoms with Crippen LogP contribution in [0.3, 0.4) is 0 Å². The molecule has 0 saturated carbocycles. The van der Waals surface area contributed by atoms with Crippen molar-refractivity contribution in [2.24, 2.45) is 0 Å². The number of ether oxygens (including phenoxy) is 1. The largest absolute Gasteiger partial charge is 0.465 e. The van der Waals surface area contributed by atoms with Gasteiger partial charge >= 0.3 is 5.97 Å². The first-order chi connectivity index (χ1) is 10.4. The summed E-state index contributed by atoms with van der Waals surface area (Å²) in [5, 5.41) is 5.99. The van der Waals surface area contributed by atoms with Gasteiger partial charge in [-0.3, -0.25) is 4.79 Å². The summed E-state index contributed by atoms with van der Waals surface area (Å²) >= 11 is 19.4. The van der Waals surface area contributed by atoms with Gasteiger partial charge in [0.1, 0.15) is 14.4 Å². The van der Waals surface area contributed by atoms with Crippen molar-refractivity contribution >= 4 is 75.0 Å². The fourth-order valence-corrected chi connectivity index (χ4v) is 3.52. The highest BCUT2D eigenvalue weighted by molar-refractivity contribution is 7.18. The third-order valence-electron chi connectivity index (χ3n) is 2.52. The number of methoxy groups -OCH3 is 1. The van der Waals surface area contributed by atoms with Gasteiger partial charge < -0.3 is 10.1 Å². The molecule has 1 N–H and O–H groups in total. The number of carbonyl (C=O) groups excluding carboxylic acids is 2. The van der Waals surface area contributed by atoms with Gasteiger partial charge in [0.15, 0.2) is 0 Å². The Hall–Kier alpha value is -1.05. The van der Waals surface area contributed by atoms with Crippen molar-refractivity contribution in [3.05, 3.63) is 37.3 Å². The zero-order valence-electron chi connectivity index (χ0n) is 11.0. The molecule has 0 radical (unpaired) electrons. The third kappa shape index (κ3) is 3.83. The van der Waals surface area contributed by atoms with Gasteiger partial charge in [0.25, 0.3) is 5.91 Å². The van der Waals surface area contributed by atoms with Crippen LogP contribution < -0.4 is 5.32 Å². The van der Waals surface area contributed by atoms with Crippen LogP contribution >= 0.6 is 57.5 Å². The number of halogens is 3. The van der Waals surface area contributed by atoms with E-state index in [4.69, 9.17) is 39.5 Å². The van der Waals surface area contributed by atoms with Crippen LogP contribution in [0.4, 0.5) is 5.69 Å². The first-order valence-corrected chi connectivity index (χ1v) is 8.60. The molecule has 2 aromatic heterocycles. The Morgan fingerprint density at radius 2 is 2.00 bits per heavy atom. The second kappa shape index (κ2) is 7.48. The van der Waals surface area contributed by atoms with Crippen molar-refractivity contribution in [3.63, 3.8) is 0 Å². The molecular formula is C13H8Cl3NO3S2. The highest BCUT2D eigenvalue weighted by Gasteiger charge is 2.21. The summed E-state index contributed by atoms with van der Waals surface area (Å²) in [7, 11) is 1.26. The molecule has 0 aliphatic rings. The Balaban J connectivity index is 2.39. The predicted molar refractivity (Wildman–Crippen MR) is 92.2 cm³/mol. The van der Waals surface area contributed by atoms with Gasteiger partial charge in [-0.05, 0) is 22.9 Å². The molecular weight excluding hydrogens is 389 g/mol. The fourth-order valence-electron chi connectivity index (χ4n) is 1.54. The number of hydrogen-bond donors (Lipinski definition) is 1. The molecule has 22 heavy (non-hydrogen) atoms. The second-order valence-electron chi connectivity index (χ2n) is 3.89. The number of hydrogen-bond acceptors (Lipinski definition) is 5. The summed E-state index contributed by atoms with van der Waals surface area (Å²) in [6.45, 7) is 0. The third-order valence-corrected chi connectivity index (χ3v) is 5.30. The topological polar surface area (TPSA) is 55.4 Å². The lowest BCUT2D eigenvalue weighted by Crippen LogP contribution is -2.14. The lowest BCUT2D eigenvalue weighted by Gasteiger charge is -2.04. The highest BCUT2D eigenvalue weighted by Crippen LogP contribution is 2.36. The molecule has 1 amide bonds. The summed E-state index contributed by atoms with van der Waals surface area (Å²) < 4.78 is 4.37. The quantitative estimate of drug-likeness (QED) is 0.578. The molecule has 9 heteroatoms. The van der Waals surface area contributed by atoms with E-state index in [2.05, 4.69) is 5.32 Å². The van der Waals surface area contributed by atoms with Crippen LogP contribution in [-0.2, 0) is 9.53 Å². The fraction of sp³-hybridized carbons (Fsp3) is 0.0769. The summed E-state index contributed by atoms with van der Waals surface area (Å²) in [5.74, 6) is -1.26. The zero-order valence-corrected chi connectivity index (χ0v) is 14.9. The zero-order chi connectivity index (χ0) is 16.3. The van der Waals surface area contributed by atoms with E-state index in [1.807, 2.05) is 16.8 Å². The summed E-state index contributed by atoms with van der Waals surface area (Å²) in [6, 6.07) is 3.58. The molecule has 2 heterocycles. The lowest BCUT2D eigenvalue weighted by molar-refractivity contribution is -0.112. The average molecular weight is 397 g/mol. The van der Waals surface area contributed by atoms with Crippen LogP contribution in [0.5, 0.6) is 0 Å². The first kappa shape index (κ1) is 17.3. The number of carbonyl (C=O) groups is 2. The summed E-state index contributed by atoms with van der Waals surface area (Å²) in [5.41, 5.74) is 1.23. The minimum Gasteiger partial charge on any atom is -0.465 e. The molecule has 0 aliphatic carbocycles. The van der Waals surface area contributed by atoms with Gasteiger partial charge in [0.2, 0.25) is 0 Å². The Kier molecular flexibility index (Phi) is 5.88. The smallest absolute Gasteiger partial charge is 0.350 e. The van der Waals surface area contributed by atoms with Crippen molar-refractivity contribution < 1.29 is 14.3 Å². The Bertz CT molecular complexity index is 734.